The summed E-state index contributed by atoms with van der Waals surface area (Å²) >= 11 is 0. The third-order valence-corrected chi connectivity index (χ3v) is 4.30. The van der Waals surface area contributed by atoms with Gasteiger partial charge in [-0.3, -0.25) is 5.10 Å². The van der Waals surface area contributed by atoms with Crippen LogP contribution in [0.5, 0.6) is 0 Å². The van der Waals surface area contributed by atoms with Crippen LogP contribution < -0.4 is 16.4 Å². The number of nitrogens with two attached hydrogens (primary N) is 1. The predicted molar refractivity (Wildman–Crippen MR) is 84.0 cm³/mol. The van der Waals surface area contributed by atoms with Crippen LogP contribution in [0.3, 0.4) is 0 Å². The van der Waals surface area contributed by atoms with Gasteiger partial charge in [0, 0.05) is 12.6 Å². The number of amides is 2. The lowest BCUT2D eigenvalue weighted by atomic mass is 9.86. The lowest BCUT2D eigenvalue weighted by molar-refractivity contribution is 0.221. The monoisotopic (exact) mass is 304 g/mol. The van der Waals surface area contributed by atoms with Crippen molar-refractivity contribution in [3.63, 3.8) is 0 Å². The average molecular weight is 304 g/mol. The molecule has 0 saturated heterocycles. The second-order valence-corrected chi connectivity index (χ2v) is 5.95. The summed E-state index contributed by atoms with van der Waals surface area (Å²) in [6.07, 6.45) is 6.05. The van der Waals surface area contributed by atoms with Gasteiger partial charge in [-0.15, -0.1) is 0 Å². The van der Waals surface area contributed by atoms with Gasteiger partial charge in [0.05, 0.1) is 5.69 Å². The van der Waals surface area contributed by atoms with E-state index in [1.165, 1.54) is 19.3 Å². The largest absolute Gasteiger partial charge is 0.381 e. The van der Waals surface area contributed by atoms with Crippen LogP contribution in [-0.2, 0) is 6.42 Å². The van der Waals surface area contributed by atoms with Crippen LogP contribution in [0.1, 0.15) is 50.3 Å². The lowest BCUT2D eigenvalue weighted by Gasteiger charge is -2.29. The highest BCUT2D eigenvalue weighted by molar-refractivity contribution is 5.74. The van der Waals surface area contributed by atoms with Crippen LogP contribution in [-0.4, -0.2) is 28.8 Å². The van der Waals surface area contributed by atoms with E-state index >= 15 is 0 Å². The number of aromatic nitrogens is 2. The molecule has 120 valence electrons. The van der Waals surface area contributed by atoms with Gasteiger partial charge in [0.25, 0.3) is 0 Å². The molecule has 1 aliphatic carbocycles. The Labute approximate surface area is 130 Å². The number of nitrogen functional groups attached to an aromatic ring is 1. The van der Waals surface area contributed by atoms with Gasteiger partial charge in [-0.1, -0.05) is 19.8 Å². The number of H-pyrrole nitrogens is 1. The molecule has 7 heteroatoms. The highest BCUT2D eigenvalue weighted by atomic mass is 16.2. The smallest absolute Gasteiger partial charge is 0.315 e. The van der Waals surface area contributed by atoms with Crippen LogP contribution in [0.25, 0.3) is 0 Å². The normalized spacial score (nSPS) is 21.1. The first-order valence-corrected chi connectivity index (χ1v) is 7.89. The minimum Gasteiger partial charge on any atom is -0.381 e. The number of hydrogen-bond donors (Lipinski definition) is 4. The SMILES string of the molecule is C[C@@H]1CCCC[C@@H]1NC(=O)NCCCc1[nH]nc(N)c1C#N. The second kappa shape index (κ2) is 7.69. The van der Waals surface area contributed by atoms with Crippen molar-refractivity contribution in [2.75, 3.05) is 12.3 Å². The van der Waals surface area contributed by atoms with Crippen molar-refractivity contribution in [2.24, 2.45) is 5.92 Å². The predicted octanol–water partition coefficient (Wildman–Crippen LogP) is 1.67. The molecule has 1 aromatic heterocycles. The first-order valence-electron chi connectivity index (χ1n) is 7.89. The Hall–Kier alpha value is -2.23. The molecule has 2 atom stereocenters. The standard InChI is InChI=1S/C15H24N6O/c1-10-5-2-3-6-12(10)19-15(22)18-8-4-7-13-11(9-16)14(17)21-20-13/h10,12H,2-8H2,1H3,(H3,17,20,21)(H2,18,19,22)/t10-,12+/m1/s1. The molecular formula is C15H24N6O. The van der Waals surface area contributed by atoms with Crippen molar-refractivity contribution in [3.05, 3.63) is 11.3 Å². The zero-order chi connectivity index (χ0) is 15.9. The molecule has 0 bridgehead atoms. The number of aromatic amines is 1. The van der Waals surface area contributed by atoms with Crippen molar-refractivity contribution in [1.29, 1.82) is 5.26 Å². The molecule has 0 radical (unpaired) electrons. The summed E-state index contributed by atoms with van der Waals surface area (Å²) in [5, 5.41) is 21.5. The van der Waals surface area contributed by atoms with Gasteiger partial charge in [-0.05, 0) is 31.6 Å². The maximum Gasteiger partial charge on any atom is 0.315 e. The minimum absolute atomic E-state index is 0.108. The number of nitrogens with one attached hydrogen (secondary N) is 3. The average Bonchev–Trinajstić information content (AvgIpc) is 2.86. The fraction of sp³-hybridized carbons (Fsp3) is 0.667. The van der Waals surface area contributed by atoms with Crippen molar-refractivity contribution in [2.45, 2.75) is 51.5 Å². The Balaban J connectivity index is 1.68. The molecule has 2 rings (SSSR count). The summed E-state index contributed by atoms with van der Waals surface area (Å²) in [6.45, 7) is 2.74. The Morgan fingerprint density at radius 2 is 2.27 bits per heavy atom. The molecule has 5 N–H and O–H groups in total. The van der Waals surface area contributed by atoms with Gasteiger partial charge in [-0.2, -0.15) is 10.4 Å². The van der Waals surface area contributed by atoms with Gasteiger partial charge in [0.15, 0.2) is 5.82 Å². The summed E-state index contributed by atoms with van der Waals surface area (Å²) in [5.41, 5.74) is 6.71. The van der Waals surface area contributed by atoms with Crippen molar-refractivity contribution >= 4 is 11.8 Å². The number of anilines is 1. The molecule has 0 aliphatic heterocycles. The van der Waals surface area contributed by atoms with Crippen LogP contribution in [0.4, 0.5) is 10.6 Å². The van der Waals surface area contributed by atoms with Gasteiger partial charge < -0.3 is 16.4 Å². The van der Waals surface area contributed by atoms with E-state index in [-0.39, 0.29) is 17.9 Å². The van der Waals surface area contributed by atoms with Crippen LogP contribution >= 0.6 is 0 Å². The number of rotatable bonds is 5. The van der Waals surface area contributed by atoms with Crippen LogP contribution in [0.2, 0.25) is 0 Å². The Morgan fingerprint density at radius 3 is 3.00 bits per heavy atom. The molecule has 22 heavy (non-hydrogen) atoms. The number of nitriles is 1. The van der Waals surface area contributed by atoms with E-state index in [2.05, 4.69) is 27.8 Å². The summed E-state index contributed by atoms with van der Waals surface area (Å²) in [6, 6.07) is 2.21. The van der Waals surface area contributed by atoms with E-state index in [0.717, 1.165) is 18.5 Å². The first-order chi connectivity index (χ1) is 10.6. The molecule has 1 aromatic rings. The fourth-order valence-electron chi connectivity index (χ4n) is 2.92. The Bertz CT molecular complexity index is 547. The van der Waals surface area contributed by atoms with Crippen molar-refractivity contribution in [3.8, 4) is 6.07 Å². The molecule has 0 spiro atoms. The number of hydrogen-bond acceptors (Lipinski definition) is 4. The lowest BCUT2D eigenvalue weighted by Crippen LogP contribution is -2.46. The van der Waals surface area contributed by atoms with Gasteiger partial charge >= 0.3 is 6.03 Å². The number of urea groups is 1. The van der Waals surface area contributed by atoms with Crippen LogP contribution in [0, 0.1) is 17.2 Å². The highest BCUT2D eigenvalue weighted by Crippen LogP contribution is 2.23. The quantitative estimate of drug-likeness (QED) is 0.618. The molecule has 1 fully saturated rings. The van der Waals surface area contributed by atoms with E-state index < -0.39 is 0 Å². The number of carbonyl (C=O) groups is 1. The van der Waals surface area contributed by atoms with Crippen molar-refractivity contribution in [1.82, 2.24) is 20.8 Å². The molecular weight excluding hydrogens is 280 g/mol. The van der Waals surface area contributed by atoms with E-state index in [0.29, 0.717) is 24.4 Å². The molecule has 1 heterocycles. The summed E-state index contributed by atoms with van der Waals surface area (Å²) < 4.78 is 0. The summed E-state index contributed by atoms with van der Waals surface area (Å²) in [5.74, 6) is 0.778. The number of aryl methyl sites for hydroxylation is 1. The zero-order valence-corrected chi connectivity index (χ0v) is 13.0. The van der Waals surface area contributed by atoms with E-state index in [1.807, 2.05) is 6.07 Å². The molecule has 2 amide bonds. The van der Waals surface area contributed by atoms with Gasteiger partial charge in [0.1, 0.15) is 11.6 Å². The molecule has 1 aliphatic rings. The van der Waals surface area contributed by atoms with E-state index in [4.69, 9.17) is 11.0 Å². The summed E-state index contributed by atoms with van der Waals surface area (Å²) in [4.78, 5) is 11.9. The van der Waals surface area contributed by atoms with E-state index in [9.17, 15) is 4.79 Å². The van der Waals surface area contributed by atoms with Crippen molar-refractivity contribution < 1.29 is 4.79 Å². The van der Waals surface area contributed by atoms with Crippen LogP contribution in [0.15, 0.2) is 0 Å². The third-order valence-electron chi connectivity index (χ3n) is 4.30. The summed E-state index contributed by atoms with van der Waals surface area (Å²) in [7, 11) is 0. The molecule has 1 saturated carbocycles. The maximum atomic E-state index is 11.9. The zero-order valence-electron chi connectivity index (χ0n) is 13.0. The number of carbonyl (C=O) groups excluding carboxylic acids is 1. The first kappa shape index (κ1) is 16.1. The second-order valence-electron chi connectivity index (χ2n) is 5.95. The molecule has 7 nitrogen and oxygen atoms in total. The molecule has 0 unspecified atom stereocenters. The topological polar surface area (TPSA) is 120 Å². The molecule has 0 aromatic carbocycles. The Morgan fingerprint density at radius 1 is 1.50 bits per heavy atom. The van der Waals surface area contributed by atoms with E-state index in [1.54, 1.807) is 0 Å². The number of nitrogens with zero attached hydrogens (tertiary/aromatic N) is 2. The van der Waals surface area contributed by atoms with Gasteiger partial charge in [-0.25, -0.2) is 4.79 Å². The maximum absolute atomic E-state index is 11.9. The van der Waals surface area contributed by atoms with Gasteiger partial charge in [0.2, 0.25) is 0 Å². The third kappa shape index (κ3) is 4.13. The highest BCUT2D eigenvalue weighted by Gasteiger charge is 2.22. The minimum atomic E-state index is -0.108. The fourth-order valence-corrected chi connectivity index (χ4v) is 2.92. The Kier molecular flexibility index (Phi) is 5.64.